The van der Waals surface area contributed by atoms with Gasteiger partial charge in [-0.25, -0.2) is 0 Å². The molecule has 88 valence electrons. The fourth-order valence-electron chi connectivity index (χ4n) is 1.52. The van der Waals surface area contributed by atoms with E-state index >= 15 is 0 Å². The van der Waals surface area contributed by atoms with Crippen molar-refractivity contribution in [2.24, 2.45) is 11.7 Å². The molecule has 0 aromatic carbocycles. The standard InChI is InChI=1S/C11H21NO3/c1-3-8(2)10(12)11(13)15-9-4-6-14-7-5-9/h8-10H,3-7,12H2,1-2H3/t8?,10-/m0/s1. The van der Waals surface area contributed by atoms with Gasteiger partial charge >= 0.3 is 5.97 Å². The predicted molar refractivity (Wildman–Crippen MR) is 57.4 cm³/mol. The number of rotatable bonds is 4. The molecule has 4 nitrogen and oxygen atoms in total. The van der Waals surface area contributed by atoms with Gasteiger partial charge < -0.3 is 15.2 Å². The minimum atomic E-state index is -0.488. The van der Waals surface area contributed by atoms with Gasteiger partial charge in [0, 0.05) is 12.8 Å². The van der Waals surface area contributed by atoms with Crippen LogP contribution in [0.25, 0.3) is 0 Å². The van der Waals surface area contributed by atoms with Crippen molar-refractivity contribution in [1.82, 2.24) is 0 Å². The Hall–Kier alpha value is -0.610. The van der Waals surface area contributed by atoms with Crippen molar-refractivity contribution in [3.05, 3.63) is 0 Å². The highest BCUT2D eigenvalue weighted by Gasteiger charge is 2.25. The SMILES string of the molecule is CCC(C)[C@H](N)C(=O)OC1CCOCC1. The summed E-state index contributed by atoms with van der Waals surface area (Å²) in [6.07, 6.45) is 2.48. The molecule has 15 heavy (non-hydrogen) atoms. The lowest BCUT2D eigenvalue weighted by Gasteiger charge is -2.25. The smallest absolute Gasteiger partial charge is 0.323 e. The van der Waals surface area contributed by atoms with Gasteiger partial charge in [-0.15, -0.1) is 0 Å². The molecule has 1 unspecified atom stereocenters. The molecule has 0 aromatic rings. The van der Waals surface area contributed by atoms with Gasteiger partial charge in [-0.3, -0.25) is 4.79 Å². The van der Waals surface area contributed by atoms with E-state index in [0.717, 1.165) is 19.3 Å². The van der Waals surface area contributed by atoms with Crippen LogP contribution in [0.3, 0.4) is 0 Å². The van der Waals surface area contributed by atoms with Crippen molar-refractivity contribution in [3.63, 3.8) is 0 Å². The molecule has 0 aliphatic carbocycles. The van der Waals surface area contributed by atoms with Crippen LogP contribution in [-0.4, -0.2) is 31.3 Å². The van der Waals surface area contributed by atoms with Crippen molar-refractivity contribution in [3.8, 4) is 0 Å². The Morgan fingerprint density at radius 2 is 2.13 bits per heavy atom. The van der Waals surface area contributed by atoms with Crippen molar-refractivity contribution < 1.29 is 14.3 Å². The van der Waals surface area contributed by atoms with Crippen molar-refractivity contribution in [1.29, 1.82) is 0 Å². The lowest BCUT2D eigenvalue weighted by molar-refractivity contribution is -0.156. The van der Waals surface area contributed by atoms with E-state index in [2.05, 4.69) is 0 Å². The first-order valence-corrected chi connectivity index (χ1v) is 5.69. The average Bonchev–Trinajstić information content (AvgIpc) is 2.28. The molecule has 2 atom stereocenters. The highest BCUT2D eigenvalue weighted by atomic mass is 16.6. The number of esters is 1. The molecule has 0 aromatic heterocycles. The zero-order chi connectivity index (χ0) is 11.3. The molecule has 4 heteroatoms. The Kier molecular flexibility index (Phi) is 5.05. The molecule has 0 radical (unpaired) electrons. The van der Waals surface area contributed by atoms with Gasteiger partial charge in [0.2, 0.25) is 0 Å². The van der Waals surface area contributed by atoms with Crippen molar-refractivity contribution in [2.75, 3.05) is 13.2 Å². The first-order chi connectivity index (χ1) is 7.15. The molecule has 2 N–H and O–H groups in total. The fraction of sp³-hybridized carbons (Fsp3) is 0.909. The van der Waals surface area contributed by atoms with Gasteiger partial charge in [0.25, 0.3) is 0 Å². The topological polar surface area (TPSA) is 61.6 Å². The average molecular weight is 215 g/mol. The van der Waals surface area contributed by atoms with Crippen LogP contribution < -0.4 is 5.73 Å². The molecule has 1 aliphatic rings. The van der Waals surface area contributed by atoms with E-state index in [4.69, 9.17) is 15.2 Å². The number of hydrogen-bond donors (Lipinski definition) is 1. The van der Waals surface area contributed by atoms with Crippen LogP contribution in [0.5, 0.6) is 0 Å². The first kappa shape index (κ1) is 12.5. The normalized spacial score (nSPS) is 22.1. The third-order valence-corrected chi connectivity index (χ3v) is 2.98. The van der Waals surface area contributed by atoms with Gasteiger partial charge in [0.15, 0.2) is 0 Å². The van der Waals surface area contributed by atoms with Gasteiger partial charge in [0.05, 0.1) is 13.2 Å². The molecule has 0 bridgehead atoms. The molecular formula is C11H21NO3. The Morgan fingerprint density at radius 1 is 1.53 bits per heavy atom. The quantitative estimate of drug-likeness (QED) is 0.713. The largest absolute Gasteiger partial charge is 0.461 e. The summed E-state index contributed by atoms with van der Waals surface area (Å²) in [5.74, 6) is -0.0893. The van der Waals surface area contributed by atoms with Gasteiger partial charge in [-0.1, -0.05) is 20.3 Å². The van der Waals surface area contributed by atoms with E-state index in [0.29, 0.717) is 13.2 Å². The Morgan fingerprint density at radius 3 is 2.67 bits per heavy atom. The number of nitrogens with two attached hydrogens (primary N) is 1. The van der Waals surface area contributed by atoms with Crippen LogP contribution in [0.2, 0.25) is 0 Å². The summed E-state index contributed by atoms with van der Waals surface area (Å²) in [4.78, 5) is 11.6. The van der Waals surface area contributed by atoms with Crippen molar-refractivity contribution >= 4 is 5.97 Å². The molecular weight excluding hydrogens is 194 g/mol. The minimum absolute atomic E-state index is 0.00126. The second kappa shape index (κ2) is 6.08. The van der Waals surface area contributed by atoms with E-state index in [1.54, 1.807) is 0 Å². The molecule has 1 fully saturated rings. The third-order valence-electron chi connectivity index (χ3n) is 2.98. The highest BCUT2D eigenvalue weighted by Crippen LogP contribution is 2.14. The van der Waals surface area contributed by atoms with Crippen LogP contribution in [0.1, 0.15) is 33.1 Å². The summed E-state index contributed by atoms with van der Waals surface area (Å²) in [5, 5.41) is 0. The summed E-state index contributed by atoms with van der Waals surface area (Å²) in [7, 11) is 0. The molecule has 1 heterocycles. The number of ether oxygens (including phenoxy) is 2. The van der Waals surface area contributed by atoms with E-state index in [-0.39, 0.29) is 18.0 Å². The molecule has 0 saturated carbocycles. The van der Waals surface area contributed by atoms with Crippen LogP contribution in [-0.2, 0) is 14.3 Å². The van der Waals surface area contributed by atoms with Gasteiger partial charge in [-0.05, 0) is 5.92 Å². The monoisotopic (exact) mass is 215 g/mol. The van der Waals surface area contributed by atoms with E-state index in [1.165, 1.54) is 0 Å². The lowest BCUT2D eigenvalue weighted by atomic mass is 10.0. The molecule has 0 spiro atoms. The molecule has 0 amide bonds. The maximum absolute atomic E-state index is 11.6. The zero-order valence-electron chi connectivity index (χ0n) is 9.57. The molecule has 1 rings (SSSR count). The Labute approximate surface area is 91.1 Å². The number of carbonyl (C=O) groups excluding carboxylic acids is 1. The molecule has 1 aliphatic heterocycles. The second-order valence-corrected chi connectivity index (χ2v) is 4.16. The van der Waals surface area contributed by atoms with Gasteiger partial charge in [0.1, 0.15) is 12.1 Å². The fourth-order valence-corrected chi connectivity index (χ4v) is 1.52. The van der Waals surface area contributed by atoms with Gasteiger partial charge in [-0.2, -0.15) is 0 Å². The van der Waals surface area contributed by atoms with Crippen LogP contribution >= 0.6 is 0 Å². The van der Waals surface area contributed by atoms with Crippen LogP contribution in [0, 0.1) is 5.92 Å². The Bertz CT molecular complexity index is 202. The summed E-state index contributed by atoms with van der Waals surface area (Å²) in [6.45, 7) is 5.34. The maximum Gasteiger partial charge on any atom is 0.323 e. The second-order valence-electron chi connectivity index (χ2n) is 4.16. The van der Waals surface area contributed by atoms with E-state index in [1.807, 2.05) is 13.8 Å². The molecule has 1 saturated heterocycles. The van der Waals surface area contributed by atoms with Crippen LogP contribution in [0.4, 0.5) is 0 Å². The number of hydrogen-bond acceptors (Lipinski definition) is 4. The Balaban J connectivity index is 2.33. The zero-order valence-corrected chi connectivity index (χ0v) is 9.57. The summed E-state index contributed by atoms with van der Waals surface area (Å²) in [5.41, 5.74) is 5.78. The maximum atomic E-state index is 11.6. The minimum Gasteiger partial charge on any atom is -0.461 e. The lowest BCUT2D eigenvalue weighted by Crippen LogP contribution is -2.40. The number of carbonyl (C=O) groups is 1. The van der Waals surface area contributed by atoms with E-state index < -0.39 is 6.04 Å². The predicted octanol–water partition coefficient (Wildman–Crippen LogP) is 1.08. The van der Waals surface area contributed by atoms with Crippen LogP contribution in [0.15, 0.2) is 0 Å². The summed E-state index contributed by atoms with van der Waals surface area (Å²) < 4.78 is 10.5. The first-order valence-electron chi connectivity index (χ1n) is 5.69. The summed E-state index contributed by atoms with van der Waals surface area (Å²) >= 11 is 0. The highest BCUT2D eigenvalue weighted by molar-refractivity contribution is 5.76. The van der Waals surface area contributed by atoms with E-state index in [9.17, 15) is 4.79 Å². The third kappa shape index (κ3) is 3.80. The van der Waals surface area contributed by atoms with Crippen molar-refractivity contribution in [2.45, 2.75) is 45.3 Å². The summed E-state index contributed by atoms with van der Waals surface area (Å²) in [6, 6.07) is -0.488.